The number of likely N-dealkylation sites (tertiary alicyclic amines) is 1. The van der Waals surface area contributed by atoms with Crippen LogP contribution in [0.25, 0.3) is 0 Å². The lowest BCUT2D eigenvalue weighted by molar-refractivity contribution is -0.159. The van der Waals surface area contributed by atoms with Crippen molar-refractivity contribution in [3.05, 3.63) is 35.4 Å². The third kappa shape index (κ3) is 1.50. The fourth-order valence-corrected chi connectivity index (χ4v) is 6.23. The van der Waals surface area contributed by atoms with Crippen LogP contribution in [0.15, 0.2) is 24.3 Å². The first-order valence-electron chi connectivity index (χ1n) is 9.69. The van der Waals surface area contributed by atoms with Crippen LogP contribution in [0, 0.1) is 5.92 Å². The maximum absolute atomic E-state index is 13.5. The Morgan fingerprint density at radius 3 is 2.88 bits per heavy atom. The number of benzene rings is 1. The number of ether oxygens (including phenoxy) is 1. The van der Waals surface area contributed by atoms with Crippen LogP contribution in [0.4, 0.5) is 0 Å². The monoisotopic (exact) mass is 353 g/mol. The lowest BCUT2D eigenvalue weighted by atomic mass is 9.48. The molecule has 5 heteroatoms. The summed E-state index contributed by atoms with van der Waals surface area (Å²) in [6.45, 7) is 5.88. The van der Waals surface area contributed by atoms with E-state index in [9.17, 15) is 15.0 Å². The Morgan fingerprint density at radius 1 is 1.31 bits per heavy atom. The summed E-state index contributed by atoms with van der Waals surface area (Å²) in [5.41, 5.74) is 0.489. The van der Waals surface area contributed by atoms with E-state index in [-0.39, 0.29) is 17.6 Å². The van der Waals surface area contributed by atoms with Gasteiger partial charge in [0.05, 0.1) is 5.41 Å². The molecular weight excluding hydrogens is 330 g/mol. The van der Waals surface area contributed by atoms with E-state index in [0.29, 0.717) is 30.1 Å². The van der Waals surface area contributed by atoms with Crippen molar-refractivity contribution in [3.8, 4) is 11.5 Å². The van der Waals surface area contributed by atoms with Crippen LogP contribution in [0.1, 0.15) is 48.0 Å². The van der Waals surface area contributed by atoms with Gasteiger partial charge in [0, 0.05) is 24.2 Å². The molecule has 2 aliphatic heterocycles. The number of phenolic OH excluding ortho intramolecular Hbond substituents is 1. The highest BCUT2D eigenvalue weighted by Crippen LogP contribution is 2.66. The third-order valence-corrected chi connectivity index (χ3v) is 7.55. The molecule has 1 saturated heterocycles. The molecule has 2 heterocycles. The number of rotatable bonds is 2. The molecule has 5 nitrogen and oxygen atoms in total. The molecule has 26 heavy (non-hydrogen) atoms. The van der Waals surface area contributed by atoms with E-state index in [1.807, 2.05) is 0 Å². The van der Waals surface area contributed by atoms with Gasteiger partial charge in [-0.05, 0) is 55.7 Å². The van der Waals surface area contributed by atoms with E-state index < -0.39 is 17.1 Å². The minimum absolute atomic E-state index is 0.0171. The van der Waals surface area contributed by atoms with Crippen molar-refractivity contribution in [3.63, 3.8) is 0 Å². The van der Waals surface area contributed by atoms with Crippen molar-refractivity contribution < 1.29 is 19.7 Å². The first-order chi connectivity index (χ1) is 12.5. The van der Waals surface area contributed by atoms with E-state index in [1.54, 1.807) is 12.1 Å². The van der Waals surface area contributed by atoms with Gasteiger partial charge in [0.2, 0.25) is 0 Å². The molecule has 2 bridgehead atoms. The average molecular weight is 353 g/mol. The topological polar surface area (TPSA) is 70.0 Å². The molecule has 136 valence electrons. The summed E-state index contributed by atoms with van der Waals surface area (Å²) >= 11 is 0. The molecule has 2 N–H and O–H groups in total. The average Bonchev–Trinajstić information content (AvgIpc) is 3.35. The number of carbonyl (C=O) groups excluding carboxylic acids is 1. The predicted molar refractivity (Wildman–Crippen MR) is 94.6 cm³/mol. The van der Waals surface area contributed by atoms with Crippen LogP contribution < -0.4 is 4.74 Å². The molecule has 3 fully saturated rings. The van der Waals surface area contributed by atoms with Crippen LogP contribution in [0.2, 0.25) is 0 Å². The first-order valence-corrected chi connectivity index (χ1v) is 9.69. The van der Waals surface area contributed by atoms with Crippen molar-refractivity contribution in [2.24, 2.45) is 5.92 Å². The van der Waals surface area contributed by atoms with Gasteiger partial charge in [-0.2, -0.15) is 0 Å². The van der Waals surface area contributed by atoms with Crippen molar-refractivity contribution in [2.45, 2.75) is 55.3 Å². The number of nitrogens with zero attached hydrogens (tertiary/aromatic N) is 1. The lowest BCUT2D eigenvalue weighted by Crippen LogP contribution is -2.77. The maximum Gasteiger partial charge on any atom is 0.183 e. The number of Topliss-reactive ketones (excluding diaryl/α,β-unsaturated/α-hetero) is 1. The molecule has 5 aliphatic rings. The number of carbonyl (C=O) groups is 1. The minimum Gasteiger partial charge on any atom is -0.504 e. The molecule has 4 atom stereocenters. The fraction of sp³-hybridized carbons (Fsp3) is 0.571. The summed E-state index contributed by atoms with van der Waals surface area (Å²) in [4.78, 5) is 15.7. The van der Waals surface area contributed by atoms with Crippen LogP contribution in [-0.4, -0.2) is 51.7 Å². The van der Waals surface area contributed by atoms with E-state index in [4.69, 9.17) is 4.74 Å². The van der Waals surface area contributed by atoms with Gasteiger partial charge in [0.1, 0.15) is 17.7 Å². The number of ketones is 1. The molecule has 1 aromatic carbocycles. The molecule has 1 aromatic rings. The van der Waals surface area contributed by atoms with Crippen molar-refractivity contribution >= 4 is 5.78 Å². The van der Waals surface area contributed by atoms with Gasteiger partial charge in [0.15, 0.2) is 17.3 Å². The Labute approximate surface area is 152 Å². The third-order valence-electron chi connectivity index (χ3n) is 7.55. The van der Waals surface area contributed by atoms with Gasteiger partial charge in [-0.25, -0.2) is 0 Å². The number of aromatic hydroxyl groups is 1. The molecule has 2 saturated carbocycles. The van der Waals surface area contributed by atoms with Crippen LogP contribution in [0.5, 0.6) is 11.5 Å². The normalized spacial score (nSPS) is 40.3. The van der Waals surface area contributed by atoms with E-state index in [1.165, 1.54) is 12.8 Å². The quantitative estimate of drug-likeness (QED) is 0.798. The smallest absolute Gasteiger partial charge is 0.183 e. The summed E-state index contributed by atoms with van der Waals surface area (Å²) < 4.78 is 6.18. The second kappa shape index (κ2) is 4.52. The SMILES string of the molecule is C=C1CC[C@@]2(O)C3C(=O)c4ccc(O)c5c4[C@@]2(CCN3CC2CC2)[C@H]1O5. The summed E-state index contributed by atoms with van der Waals surface area (Å²) in [5, 5.41) is 22.4. The van der Waals surface area contributed by atoms with Crippen molar-refractivity contribution in [2.75, 3.05) is 13.1 Å². The number of piperidine rings is 1. The summed E-state index contributed by atoms with van der Waals surface area (Å²) in [5.74, 6) is 1.08. The Bertz CT molecular complexity index is 875. The molecule has 6 rings (SSSR count). The highest BCUT2D eigenvalue weighted by atomic mass is 16.5. The minimum atomic E-state index is -1.16. The molecule has 0 radical (unpaired) electrons. The first kappa shape index (κ1) is 15.2. The largest absolute Gasteiger partial charge is 0.504 e. The lowest BCUT2D eigenvalue weighted by Gasteiger charge is -2.62. The standard InChI is InChI=1S/C21H23NO4/c1-11-6-7-21(25)18-16(24)13-4-5-14(23)17-15(13)20(21,19(11)26-17)8-9-22(18)10-12-2-3-12/h4-5,12,18-19,23,25H,1-3,6-10H2/t18?,19-,20-,21+/m0/s1. The number of hydrogen-bond donors (Lipinski definition) is 2. The Kier molecular flexibility index (Phi) is 2.65. The van der Waals surface area contributed by atoms with Gasteiger partial charge in [-0.15, -0.1) is 0 Å². The zero-order valence-electron chi connectivity index (χ0n) is 14.7. The van der Waals surface area contributed by atoms with Gasteiger partial charge >= 0.3 is 0 Å². The number of hydrogen-bond acceptors (Lipinski definition) is 5. The van der Waals surface area contributed by atoms with E-state index in [2.05, 4.69) is 11.5 Å². The van der Waals surface area contributed by atoms with Crippen LogP contribution in [-0.2, 0) is 5.41 Å². The fourth-order valence-electron chi connectivity index (χ4n) is 6.23. The van der Waals surface area contributed by atoms with E-state index in [0.717, 1.165) is 30.6 Å². The molecule has 0 amide bonds. The molecular formula is C21H23NO4. The Balaban J connectivity index is 1.63. The second-order valence-electron chi connectivity index (χ2n) is 8.84. The Morgan fingerprint density at radius 2 is 2.12 bits per heavy atom. The maximum atomic E-state index is 13.5. The molecule has 1 unspecified atom stereocenters. The van der Waals surface area contributed by atoms with E-state index >= 15 is 0 Å². The predicted octanol–water partition coefficient (Wildman–Crippen LogP) is 2.15. The van der Waals surface area contributed by atoms with Gasteiger partial charge in [-0.3, -0.25) is 9.69 Å². The molecule has 0 aromatic heterocycles. The Hall–Kier alpha value is -1.85. The zero-order valence-corrected chi connectivity index (χ0v) is 14.7. The van der Waals surface area contributed by atoms with Gasteiger partial charge in [-0.1, -0.05) is 6.58 Å². The second-order valence-corrected chi connectivity index (χ2v) is 8.84. The van der Waals surface area contributed by atoms with Crippen molar-refractivity contribution in [1.82, 2.24) is 4.90 Å². The highest BCUT2D eigenvalue weighted by Gasteiger charge is 2.74. The highest BCUT2D eigenvalue weighted by molar-refractivity contribution is 6.06. The number of aliphatic hydroxyl groups is 1. The van der Waals surface area contributed by atoms with Gasteiger partial charge in [0.25, 0.3) is 0 Å². The van der Waals surface area contributed by atoms with Crippen LogP contribution in [0.3, 0.4) is 0 Å². The summed E-state index contributed by atoms with van der Waals surface area (Å²) in [6, 6.07) is 2.75. The van der Waals surface area contributed by atoms with Crippen LogP contribution >= 0.6 is 0 Å². The molecule has 1 spiro atoms. The molecule has 3 aliphatic carbocycles. The summed E-state index contributed by atoms with van der Waals surface area (Å²) in [7, 11) is 0. The number of phenols is 1. The van der Waals surface area contributed by atoms with Crippen molar-refractivity contribution in [1.29, 1.82) is 0 Å². The summed E-state index contributed by atoms with van der Waals surface area (Å²) in [6.07, 6.45) is 3.98. The van der Waals surface area contributed by atoms with Gasteiger partial charge < -0.3 is 14.9 Å². The zero-order chi connectivity index (χ0) is 17.8.